The molecule has 0 aromatic heterocycles. The number of esters is 1. The minimum absolute atomic E-state index is 0.0139. The number of hydrogen-bond acceptors (Lipinski definition) is 5. The van der Waals surface area contributed by atoms with Gasteiger partial charge in [-0.2, -0.15) is 0 Å². The zero-order valence-electron chi connectivity index (χ0n) is 51.5. The van der Waals surface area contributed by atoms with Crippen LogP contribution in [0.5, 0.6) is 0 Å². The molecule has 0 aromatic carbocycles. The molecular weight excluding hydrogens is 935 g/mol. The number of amides is 1. The van der Waals surface area contributed by atoms with Crippen molar-refractivity contribution in [2.75, 3.05) is 13.2 Å². The standard InChI is InChI=1S/C70H135NO5/c1-3-5-7-9-11-13-15-16-17-34-38-41-44-48-52-56-60-64-70(75)76-65-61-57-53-49-45-42-39-36-33-31-29-27-25-23-21-19-18-20-22-24-26-28-30-32-35-37-40-43-47-51-55-59-63-69(74)71-67(66-72)68(73)62-58-54-50-46-14-12-10-8-6-4-2/h11,13,16-17,67-68,72-73H,3-10,12,14-15,18-66H2,1-2H3,(H,71,74)/b13-11-,17-16-. The molecule has 2 unspecified atom stereocenters. The van der Waals surface area contributed by atoms with Gasteiger partial charge in [0.2, 0.25) is 5.91 Å². The molecule has 450 valence electrons. The molecule has 0 saturated heterocycles. The number of aliphatic hydroxyl groups is 2. The Morgan fingerprint density at radius 1 is 0.368 bits per heavy atom. The maximum Gasteiger partial charge on any atom is 0.305 e. The molecule has 6 heteroatoms. The molecule has 3 N–H and O–H groups in total. The third-order valence-electron chi connectivity index (χ3n) is 16.3. The Morgan fingerprint density at radius 2 is 0.658 bits per heavy atom. The first-order valence-corrected chi connectivity index (χ1v) is 34.6. The molecule has 0 bridgehead atoms. The lowest BCUT2D eigenvalue weighted by molar-refractivity contribution is -0.143. The average Bonchev–Trinajstić information content (AvgIpc) is 3.42. The summed E-state index contributed by atoms with van der Waals surface area (Å²) in [6.07, 6.45) is 82.4. The summed E-state index contributed by atoms with van der Waals surface area (Å²) < 4.78 is 5.50. The zero-order valence-corrected chi connectivity index (χ0v) is 51.5. The predicted octanol–water partition coefficient (Wildman–Crippen LogP) is 22.1. The summed E-state index contributed by atoms with van der Waals surface area (Å²) in [5.41, 5.74) is 0. The number of aliphatic hydroxyl groups excluding tert-OH is 2. The lowest BCUT2D eigenvalue weighted by Crippen LogP contribution is -2.45. The zero-order chi connectivity index (χ0) is 55.0. The van der Waals surface area contributed by atoms with E-state index >= 15 is 0 Å². The van der Waals surface area contributed by atoms with Crippen molar-refractivity contribution in [2.45, 2.75) is 398 Å². The number of carbonyl (C=O) groups excluding carboxylic acids is 2. The molecule has 0 aliphatic rings. The third-order valence-corrected chi connectivity index (χ3v) is 16.3. The summed E-state index contributed by atoms with van der Waals surface area (Å²) in [5.74, 6) is -0.0165. The largest absolute Gasteiger partial charge is 0.466 e. The molecule has 6 nitrogen and oxygen atoms in total. The van der Waals surface area contributed by atoms with Crippen molar-refractivity contribution in [3.63, 3.8) is 0 Å². The smallest absolute Gasteiger partial charge is 0.305 e. The first-order chi connectivity index (χ1) is 37.5. The van der Waals surface area contributed by atoms with E-state index in [9.17, 15) is 19.8 Å². The van der Waals surface area contributed by atoms with E-state index in [2.05, 4.69) is 43.5 Å². The number of hydrogen-bond donors (Lipinski definition) is 3. The minimum Gasteiger partial charge on any atom is -0.466 e. The summed E-state index contributed by atoms with van der Waals surface area (Å²) in [6, 6.07) is -0.536. The van der Waals surface area contributed by atoms with Gasteiger partial charge >= 0.3 is 5.97 Å². The molecule has 0 aromatic rings. The van der Waals surface area contributed by atoms with Crippen molar-refractivity contribution >= 4 is 11.9 Å². The van der Waals surface area contributed by atoms with Crippen LogP contribution in [0.25, 0.3) is 0 Å². The van der Waals surface area contributed by atoms with Crippen LogP contribution < -0.4 is 5.32 Å². The van der Waals surface area contributed by atoms with E-state index in [0.29, 0.717) is 25.9 Å². The van der Waals surface area contributed by atoms with E-state index in [4.69, 9.17) is 4.74 Å². The average molecular weight is 1070 g/mol. The van der Waals surface area contributed by atoms with Gasteiger partial charge in [0.1, 0.15) is 0 Å². The second kappa shape index (κ2) is 65.9. The summed E-state index contributed by atoms with van der Waals surface area (Å²) in [4.78, 5) is 24.5. The highest BCUT2D eigenvalue weighted by molar-refractivity contribution is 5.76. The second-order valence-electron chi connectivity index (χ2n) is 23.9. The Bertz CT molecular complexity index is 1190. The van der Waals surface area contributed by atoms with Crippen molar-refractivity contribution in [2.24, 2.45) is 0 Å². The Labute approximate surface area is 475 Å². The van der Waals surface area contributed by atoms with Crippen LogP contribution in [0.2, 0.25) is 0 Å². The van der Waals surface area contributed by atoms with Crippen molar-refractivity contribution in [1.82, 2.24) is 5.32 Å². The summed E-state index contributed by atoms with van der Waals surface area (Å²) in [7, 11) is 0. The van der Waals surface area contributed by atoms with Gasteiger partial charge in [-0.15, -0.1) is 0 Å². The minimum atomic E-state index is -0.659. The van der Waals surface area contributed by atoms with Gasteiger partial charge in [0.05, 0.1) is 25.4 Å². The first kappa shape index (κ1) is 74.3. The predicted molar refractivity (Wildman–Crippen MR) is 333 cm³/mol. The summed E-state index contributed by atoms with van der Waals surface area (Å²) >= 11 is 0. The molecule has 0 aliphatic heterocycles. The first-order valence-electron chi connectivity index (χ1n) is 34.6. The molecule has 0 saturated carbocycles. The molecular formula is C70H135NO5. The van der Waals surface area contributed by atoms with Crippen LogP contribution in [0, 0.1) is 0 Å². The number of carbonyl (C=O) groups is 2. The molecule has 0 rings (SSSR count). The Hall–Kier alpha value is -1.66. The van der Waals surface area contributed by atoms with E-state index in [1.165, 1.54) is 302 Å². The number of unbranched alkanes of at least 4 members (excludes halogenated alkanes) is 50. The SMILES string of the molecule is CCCCC/C=C\C/C=C\CCCCCCCCCC(=O)OCCCCCCCCCCCCCCCCCCCCCCCCCCCCCCCCCCC(=O)NC(CO)C(O)CCCCCCCCCCCC. The Kier molecular flexibility index (Phi) is 64.4. The fourth-order valence-electron chi connectivity index (χ4n) is 11.0. The van der Waals surface area contributed by atoms with Crippen LogP contribution in [0.3, 0.4) is 0 Å². The lowest BCUT2D eigenvalue weighted by atomic mass is 10.0. The van der Waals surface area contributed by atoms with Crippen molar-refractivity contribution in [3.8, 4) is 0 Å². The molecule has 76 heavy (non-hydrogen) atoms. The molecule has 0 heterocycles. The van der Waals surface area contributed by atoms with Crippen molar-refractivity contribution in [3.05, 3.63) is 24.3 Å². The van der Waals surface area contributed by atoms with E-state index < -0.39 is 12.1 Å². The van der Waals surface area contributed by atoms with Gasteiger partial charge in [0.15, 0.2) is 0 Å². The summed E-state index contributed by atoms with van der Waals surface area (Å²) in [6.45, 7) is 4.94. The van der Waals surface area contributed by atoms with Crippen LogP contribution in [0.1, 0.15) is 386 Å². The topological polar surface area (TPSA) is 95.9 Å². The molecule has 0 aliphatic carbocycles. The van der Waals surface area contributed by atoms with Gasteiger partial charge in [-0.25, -0.2) is 0 Å². The molecule has 2 atom stereocenters. The second-order valence-corrected chi connectivity index (χ2v) is 23.9. The molecule has 0 fully saturated rings. The van der Waals surface area contributed by atoms with Crippen LogP contribution in [0.4, 0.5) is 0 Å². The Morgan fingerprint density at radius 3 is 1.03 bits per heavy atom. The highest BCUT2D eigenvalue weighted by Gasteiger charge is 2.20. The van der Waals surface area contributed by atoms with Crippen LogP contribution >= 0.6 is 0 Å². The number of nitrogens with one attached hydrogen (secondary N) is 1. The van der Waals surface area contributed by atoms with E-state index in [0.717, 1.165) is 51.4 Å². The number of allylic oxidation sites excluding steroid dienone is 4. The van der Waals surface area contributed by atoms with E-state index in [-0.39, 0.29) is 18.5 Å². The van der Waals surface area contributed by atoms with Gasteiger partial charge in [0, 0.05) is 12.8 Å². The molecule has 0 radical (unpaired) electrons. The lowest BCUT2D eigenvalue weighted by Gasteiger charge is -2.22. The van der Waals surface area contributed by atoms with Gasteiger partial charge in [-0.1, -0.05) is 340 Å². The quantitative estimate of drug-likeness (QED) is 0.0320. The maximum absolute atomic E-state index is 12.4. The number of rotatable bonds is 65. The third kappa shape index (κ3) is 61.6. The van der Waals surface area contributed by atoms with E-state index in [1.807, 2.05) is 0 Å². The number of ether oxygens (including phenoxy) is 1. The highest BCUT2D eigenvalue weighted by Crippen LogP contribution is 2.19. The van der Waals surface area contributed by atoms with E-state index in [1.54, 1.807) is 0 Å². The molecule has 1 amide bonds. The summed E-state index contributed by atoms with van der Waals surface area (Å²) in [5, 5.41) is 23.2. The van der Waals surface area contributed by atoms with Gasteiger partial charge in [-0.3, -0.25) is 9.59 Å². The fourth-order valence-corrected chi connectivity index (χ4v) is 11.0. The highest BCUT2D eigenvalue weighted by atomic mass is 16.5. The molecule has 0 spiro atoms. The van der Waals surface area contributed by atoms with Crippen molar-refractivity contribution < 1.29 is 24.5 Å². The van der Waals surface area contributed by atoms with Gasteiger partial charge < -0.3 is 20.3 Å². The van der Waals surface area contributed by atoms with Crippen LogP contribution in [-0.2, 0) is 14.3 Å². The normalized spacial score (nSPS) is 12.6. The van der Waals surface area contributed by atoms with Crippen LogP contribution in [0.15, 0.2) is 24.3 Å². The maximum atomic E-state index is 12.4. The van der Waals surface area contributed by atoms with Gasteiger partial charge in [-0.05, 0) is 57.8 Å². The van der Waals surface area contributed by atoms with Crippen molar-refractivity contribution in [1.29, 1.82) is 0 Å². The Balaban J connectivity index is 3.29. The van der Waals surface area contributed by atoms with Gasteiger partial charge in [0.25, 0.3) is 0 Å². The monoisotopic (exact) mass is 1070 g/mol. The van der Waals surface area contributed by atoms with Crippen LogP contribution in [-0.4, -0.2) is 47.4 Å². The fraction of sp³-hybridized carbons (Fsp3) is 0.914.